The lowest BCUT2D eigenvalue weighted by Gasteiger charge is -2.40. The molecule has 1 aliphatic heterocycles. The molecule has 1 saturated heterocycles. The first-order valence-electron chi connectivity index (χ1n) is 9.30. The molecule has 2 heterocycles. The van der Waals surface area contributed by atoms with E-state index in [4.69, 9.17) is 9.47 Å². The van der Waals surface area contributed by atoms with Crippen LogP contribution in [0.5, 0.6) is 5.75 Å². The number of hydrogen-bond acceptors (Lipinski definition) is 6. The highest BCUT2D eigenvalue weighted by molar-refractivity contribution is 5.28. The molecule has 2 fully saturated rings. The van der Waals surface area contributed by atoms with E-state index in [1.807, 2.05) is 38.1 Å². The van der Waals surface area contributed by atoms with Crippen LogP contribution in [0.25, 0.3) is 0 Å². The van der Waals surface area contributed by atoms with Gasteiger partial charge in [-0.05, 0) is 26.0 Å². The van der Waals surface area contributed by atoms with E-state index in [2.05, 4.69) is 4.98 Å². The van der Waals surface area contributed by atoms with Gasteiger partial charge in [0.15, 0.2) is 5.60 Å². The lowest BCUT2D eigenvalue weighted by molar-refractivity contribution is -0.198. The predicted molar refractivity (Wildman–Crippen MR) is 100 cm³/mol. The number of nitrogens with one attached hydrogen (secondary N) is 1. The van der Waals surface area contributed by atoms with Crippen molar-refractivity contribution in [3.05, 3.63) is 62.4 Å². The molecule has 0 spiro atoms. The standard InChI is InChI=1S/C20H24N2O6/c1-10-4-6-13(7-5-10)27-16-12(3)14-15(24)20(16,9-23)28-18(14)22-8-11(2)17(25)21-19(22)26/h4-8,12,14-16,18,23-24H,9H2,1-3H3,(H,21,25,26)/t12-,14-,15+,16+,18-,20-/m1/s1. The Bertz CT molecular complexity index is 997. The van der Waals surface area contributed by atoms with Gasteiger partial charge < -0.3 is 19.7 Å². The molecular weight excluding hydrogens is 364 g/mol. The van der Waals surface area contributed by atoms with Crippen molar-refractivity contribution in [1.82, 2.24) is 9.55 Å². The van der Waals surface area contributed by atoms with Gasteiger partial charge in [-0.3, -0.25) is 14.3 Å². The van der Waals surface area contributed by atoms with Crippen molar-refractivity contribution in [2.45, 2.75) is 44.8 Å². The molecule has 2 aromatic rings. The maximum atomic E-state index is 12.3. The maximum absolute atomic E-state index is 12.3. The number of ether oxygens (including phenoxy) is 2. The molecule has 1 aromatic heterocycles. The molecule has 6 atom stereocenters. The second-order valence-electron chi connectivity index (χ2n) is 7.83. The number of aliphatic hydroxyl groups excluding tert-OH is 2. The van der Waals surface area contributed by atoms with Crippen LogP contribution in [-0.4, -0.2) is 44.2 Å². The third-order valence-corrected chi connectivity index (χ3v) is 6.05. The van der Waals surface area contributed by atoms with Crippen molar-refractivity contribution < 1.29 is 19.7 Å². The van der Waals surface area contributed by atoms with E-state index in [1.54, 1.807) is 6.92 Å². The monoisotopic (exact) mass is 388 g/mol. The Hall–Kier alpha value is -2.42. The second-order valence-corrected chi connectivity index (χ2v) is 7.83. The molecular formula is C20H24N2O6. The van der Waals surface area contributed by atoms with E-state index in [9.17, 15) is 19.8 Å². The second kappa shape index (κ2) is 6.58. The maximum Gasteiger partial charge on any atom is 0.330 e. The average Bonchev–Trinajstić information content (AvgIpc) is 3.06. The molecule has 8 nitrogen and oxygen atoms in total. The van der Waals surface area contributed by atoms with E-state index in [-0.39, 0.29) is 5.92 Å². The van der Waals surface area contributed by atoms with Crippen LogP contribution < -0.4 is 16.0 Å². The zero-order chi connectivity index (χ0) is 20.2. The van der Waals surface area contributed by atoms with Gasteiger partial charge in [-0.25, -0.2) is 4.79 Å². The van der Waals surface area contributed by atoms with Gasteiger partial charge in [-0.1, -0.05) is 24.6 Å². The highest BCUT2D eigenvalue weighted by atomic mass is 16.6. The van der Waals surface area contributed by atoms with E-state index in [1.165, 1.54) is 10.8 Å². The zero-order valence-electron chi connectivity index (χ0n) is 16.0. The first-order chi connectivity index (χ1) is 13.3. The highest BCUT2D eigenvalue weighted by Gasteiger charge is 2.70. The van der Waals surface area contributed by atoms with E-state index in [0.717, 1.165) is 5.56 Å². The molecule has 0 unspecified atom stereocenters. The first kappa shape index (κ1) is 18.9. The molecule has 1 aliphatic carbocycles. The van der Waals surface area contributed by atoms with Crippen LogP contribution in [0.15, 0.2) is 40.1 Å². The number of rotatable bonds is 4. The van der Waals surface area contributed by atoms with Crippen molar-refractivity contribution in [3.63, 3.8) is 0 Å². The Morgan fingerprint density at radius 1 is 1.25 bits per heavy atom. The number of nitrogens with zero attached hydrogens (tertiary/aromatic N) is 1. The van der Waals surface area contributed by atoms with Crippen LogP contribution in [0.4, 0.5) is 0 Å². The number of aryl methyl sites for hydroxylation is 2. The summed E-state index contributed by atoms with van der Waals surface area (Å²) in [5.74, 6) is -0.0702. The highest BCUT2D eigenvalue weighted by Crippen LogP contribution is 2.56. The normalized spacial score (nSPS) is 34.0. The number of aromatic nitrogens is 2. The van der Waals surface area contributed by atoms with Gasteiger partial charge in [0.05, 0.1) is 12.7 Å². The van der Waals surface area contributed by atoms with E-state index in [0.29, 0.717) is 11.3 Å². The molecule has 4 rings (SSSR count). The summed E-state index contributed by atoms with van der Waals surface area (Å²) < 4.78 is 13.5. The average molecular weight is 388 g/mol. The van der Waals surface area contributed by atoms with Crippen molar-refractivity contribution in [2.75, 3.05) is 6.61 Å². The van der Waals surface area contributed by atoms with E-state index >= 15 is 0 Å². The summed E-state index contributed by atoms with van der Waals surface area (Å²) in [7, 11) is 0. The molecule has 0 amide bonds. The zero-order valence-corrected chi connectivity index (χ0v) is 16.0. The summed E-state index contributed by atoms with van der Waals surface area (Å²) in [5.41, 5.74) is -0.983. The number of aliphatic hydroxyl groups is 2. The lowest BCUT2D eigenvalue weighted by Crippen LogP contribution is -2.55. The molecule has 1 saturated carbocycles. The molecule has 150 valence electrons. The fraction of sp³-hybridized carbons (Fsp3) is 0.500. The van der Waals surface area contributed by atoms with Gasteiger partial charge in [0.2, 0.25) is 0 Å². The van der Waals surface area contributed by atoms with Crippen molar-refractivity contribution in [1.29, 1.82) is 0 Å². The number of aromatic amines is 1. The summed E-state index contributed by atoms with van der Waals surface area (Å²) in [6.07, 6.45) is -0.992. The van der Waals surface area contributed by atoms with Crippen LogP contribution >= 0.6 is 0 Å². The van der Waals surface area contributed by atoms with Crippen LogP contribution in [0.1, 0.15) is 24.3 Å². The van der Waals surface area contributed by atoms with Gasteiger partial charge >= 0.3 is 5.69 Å². The Balaban J connectivity index is 1.70. The minimum atomic E-state index is -1.36. The van der Waals surface area contributed by atoms with Gasteiger partial charge in [0.1, 0.15) is 18.1 Å². The molecule has 0 radical (unpaired) electrons. The van der Waals surface area contributed by atoms with Crippen molar-refractivity contribution in [3.8, 4) is 5.75 Å². The van der Waals surface area contributed by atoms with Crippen LogP contribution in [-0.2, 0) is 4.74 Å². The number of fused-ring (bicyclic) bond motifs is 2. The fourth-order valence-electron chi connectivity index (χ4n) is 4.49. The largest absolute Gasteiger partial charge is 0.487 e. The lowest BCUT2D eigenvalue weighted by atomic mass is 9.92. The Labute approximate surface area is 161 Å². The third-order valence-electron chi connectivity index (χ3n) is 6.05. The summed E-state index contributed by atoms with van der Waals surface area (Å²) in [6.45, 7) is 5.01. The van der Waals surface area contributed by atoms with Gasteiger partial charge in [-0.15, -0.1) is 0 Å². The summed E-state index contributed by atoms with van der Waals surface area (Å²) in [6, 6.07) is 7.50. The smallest absolute Gasteiger partial charge is 0.330 e. The minimum absolute atomic E-state index is 0.207. The molecule has 3 N–H and O–H groups in total. The van der Waals surface area contributed by atoms with Gasteiger partial charge in [0, 0.05) is 23.6 Å². The van der Waals surface area contributed by atoms with Crippen molar-refractivity contribution in [2.24, 2.45) is 11.8 Å². The quantitative estimate of drug-likeness (QED) is 0.702. The number of hydrogen-bond donors (Lipinski definition) is 3. The molecule has 2 aliphatic rings. The SMILES string of the molecule is Cc1ccc(O[C@H]2[C@H](C)[C@H]3[C@H](n4cc(C)c(=O)[nH]c4=O)O[C@]2(CO)[C@H]3O)cc1. The fourth-order valence-corrected chi connectivity index (χ4v) is 4.49. The van der Waals surface area contributed by atoms with Crippen LogP contribution in [0, 0.1) is 25.7 Å². The van der Waals surface area contributed by atoms with Crippen molar-refractivity contribution >= 4 is 0 Å². The topological polar surface area (TPSA) is 114 Å². The minimum Gasteiger partial charge on any atom is -0.487 e. The third kappa shape index (κ3) is 2.63. The van der Waals surface area contributed by atoms with Gasteiger partial charge in [0.25, 0.3) is 5.56 Å². The Kier molecular flexibility index (Phi) is 4.45. The molecule has 28 heavy (non-hydrogen) atoms. The summed E-state index contributed by atoms with van der Waals surface area (Å²) in [4.78, 5) is 26.2. The molecule has 2 bridgehead atoms. The summed E-state index contributed by atoms with van der Waals surface area (Å²) in [5, 5.41) is 21.1. The van der Waals surface area contributed by atoms with Crippen LogP contribution in [0.2, 0.25) is 0 Å². The predicted octanol–water partition coefficient (Wildman–Crippen LogP) is 0.488. The van der Waals surface area contributed by atoms with E-state index < -0.39 is 47.8 Å². The first-order valence-corrected chi connectivity index (χ1v) is 9.30. The summed E-state index contributed by atoms with van der Waals surface area (Å²) >= 11 is 0. The van der Waals surface area contributed by atoms with Gasteiger partial charge in [-0.2, -0.15) is 0 Å². The molecule has 1 aromatic carbocycles. The number of H-pyrrole nitrogens is 1. The Morgan fingerprint density at radius 2 is 1.93 bits per heavy atom. The Morgan fingerprint density at radius 3 is 2.57 bits per heavy atom. The number of benzene rings is 1. The van der Waals surface area contributed by atoms with Crippen LogP contribution in [0.3, 0.4) is 0 Å². The molecule has 8 heteroatoms.